The zero-order valence-electron chi connectivity index (χ0n) is 14.1. The summed E-state index contributed by atoms with van der Waals surface area (Å²) in [5.41, 5.74) is 0.742. The van der Waals surface area contributed by atoms with Gasteiger partial charge in [0.15, 0.2) is 0 Å². The molecule has 0 aromatic heterocycles. The van der Waals surface area contributed by atoms with Gasteiger partial charge in [-0.05, 0) is 24.1 Å². The maximum Gasteiger partial charge on any atom is 0.122 e. The number of rotatable bonds is 6. The van der Waals surface area contributed by atoms with Crippen LogP contribution >= 0.6 is 0 Å². The molecule has 0 amide bonds. The van der Waals surface area contributed by atoms with E-state index in [9.17, 15) is 5.11 Å². The number of para-hydroxylation sites is 1. The number of hydrogen-bond donors (Lipinski definition) is 2. The molecule has 0 aliphatic carbocycles. The second-order valence-corrected chi connectivity index (χ2v) is 6.07. The van der Waals surface area contributed by atoms with Crippen molar-refractivity contribution >= 4 is 0 Å². The Labute approximate surface area is 143 Å². The van der Waals surface area contributed by atoms with Gasteiger partial charge in [-0.1, -0.05) is 48.5 Å². The van der Waals surface area contributed by atoms with Crippen molar-refractivity contribution in [2.24, 2.45) is 0 Å². The minimum Gasteiger partial charge on any atom is -0.494 e. The molecule has 2 N–H and O–H groups in total. The predicted molar refractivity (Wildman–Crippen MR) is 94.3 cm³/mol. The average molecular weight is 327 g/mol. The lowest BCUT2D eigenvalue weighted by Gasteiger charge is -2.39. The molecule has 0 unspecified atom stereocenters. The smallest absolute Gasteiger partial charge is 0.122 e. The van der Waals surface area contributed by atoms with Crippen LogP contribution in [0.3, 0.4) is 0 Å². The van der Waals surface area contributed by atoms with E-state index in [0.29, 0.717) is 26.2 Å². The number of benzene rings is 2. The molecule has 4 heteroatoms. The van der Waals surface area contributed by atoms with Gasteiger partial charge in [-0.15, -0.1) is 0 Å². The first-order valence-electron chi connectivity index (χ1n) is 8.55. The molecule has 4 nitrogen and oxygen atoms in total. The van der Waals surface area contributed by atoms with Crippen molar-refractivity contribution in [2.45, 2.75) is 25.0 Å². The van der Waals surface area contributed by atoms with Gasteiger partial charge in [0.05, 0.1) is 13.2 Å². The lowest BCUT2D eigenvalue weighted by molar-refractivity contribution is -0.124. The van der Waals surface area contributed by atoms with Gasteiger partial charge in [0, 0.05) is 19.5 Å². The summed E-state index contributed by atoms with van der Waals surface area (Å²) in [6.45, 7) is 4.61. The summed E-state index contributed by atoms with van der Waals surface area (Å²) in [6, 6.07) is 17.7. The molecule has 1 saturated heterocycles. The van der Waals surface area contributed by atoms with Crippen molar-refractivity contribution in [3.63, 3.8) is 0 Å². The van der Waals surface area contributed by atoms with Gasteiger partial charge in [-0.3, -0.25) is 0 Å². The van der Waals surface area contributed by atoms with Gasteiger partial charge in [-0.25, -0.2) is 0 Å². The van der Waals surface area contributed by atoms with E-state index in [1.807, 2.05) is 61.5 Å². The summed E-state index contributed by atoms with van der Waals surface area (Å²) in [5.74, 6) is 0.818. The molecule has 2 aromatic rings. The highest BCUT2D eigenvalue weighted by Crippen LogP contribution is 2.34. The lowest BCUT2D eigenvalue weighted by Crippen LogP contribution is -2.52. The monoisotopic (exact) mass is 327 g/mol. The van der Waals surface area contributed by atoms with Crippen LogP contribution in [0.15, 0.2) is 54.6 Å². The molecule has 3 rings (SSSR count). The second kappa shape index (κ2) is 7.79. The molecule has 2 aromatic carbocycles. The zero-order valence-corrected chi connectivity index (χ0v) is 14.1. The molecule has 1 heterocycles. The van der Waals surface area contributed by atoms with Gasteiger partial charge < -0.3 is 19.9 Å². The van der Waals surface area contributed by atoms with Crippen LogP contribution in [-0.2, 0) is 16.8 Å². The molecule has 24 heavy (non-hydrogen) atoms. The number of morpholine rings is 1. The Hall–Kier alpha value is -1.88. The summed E-state index contributed by atoms with van der Waals surface area (Å²) in [4.78, 5) is 0. The van der Waals surface area contributed by atoms with E-state index in [-0.39, 0.29) is 6.10 Å². The first-order valence-corrected chi connectivity index (χ1v) is 8.55. The fraction of sp³-hybridized carbons (Fsp3) is 0.400. The topological polar surface area (TPSA) is 50.7 Å². The van der Waals surface area contributed by atoms with Crippen LogP contribution < -0.4 is 10.1 Å². The van der Waals surface area contributed by atoms with Gasteiger partial charge >= 0.3 is 0 Å². The van der Waals surface area contributed by atoms with Crippen LogP contribution in [0.1, 0.15) is 18.1 Å². The highest BCUT2D eigenvalue weighted by Gasteiger charge is 2.41. The molecular weight excluding hydrogens is 302 g/mol. The van der Waals surface area contributed by atoms with Crippen molar-refractivity contribution in [3.8, 4) is 5.75 Å². The quantitative estimate of drug-likeness (QED) is 0.856. The van der Waals surface area contributed by atoms with Crippen LogP contribution in [0.4, 0.5) is 0 Å². The largest absolute Gasteiger partial charge is 0.494 e. The minimum absolute atomic E-state index is 0.302. The normalized spacial score (nSPS) is 20.3. The number of hydrogen-bond acceptors (Lipinski definition) is 4. The maximum atomic E-state index is 11.6. The highest BCUT2D eigenvalue weighted by atomic mass is 16.5. The minimum atomic E-state index is -1.11. The first-order chi connectivity index (χ1) is 11.7. The third-order valence-corrected chi connectivity index (χ3v) is 4.47. The maximum absolute atomic E-state index is 11.6. The molecule has 0 radical (unpaired) electrons. The Morgan fingerprint density at radius 3 is 2.62 bits per heavy atom. The number of aliphatic hydroxyl groups is 1. The second-order valence-electron chi connectivity index (χ2n) is 6.07. The van der Waals surface area contributed by atoms with Crippen molar-refractivity contribution in [2.75, 3.05) is 26.3 Å². The van der Waals surface area contributed by atoms with E-state index in [1.165, 1.54) is 0 Å². The van der Waals surface area contributed by atoms with Crippen LogP contribution in [0.25, 0.3) is 0 Å². The predicted octanol–water partition coefficient (Wildman–Crippen LogP) is 2.50. The summed E-state index contributed by atoms with van der Waals surface area (Å²) < 4.78 is 11.7. The summed E-state index contributed by atoms with van der Waals surface area (Å²) in [6.07, 6.45) is 0.142. The van der Waals surface area contributed by atoms with Crippen molar-refractivity contribution in [3.05, 3.63) is 65.7 Å². The van der Waals surface area contributed by atoms with Gasteiger partial charge in [0.1, 0.15) is 17.5 Å². The Morgan fingerprint density at radius 2 is 1.92 bits per heavy atom. The SMILES string of the molecule is CCOc1ccccc1C[C@](O)(c1ccccc1)[C@@H]1CNCCO1. The van der Waals surface area contributed by atoms with Crippen molar-refractivity contribution in [1.29, 1.82) is 0 Å². The van der Waals surface area contributed by atoms with E-state index < -0.39 is 5.60 Å². The molecule has 0 bridgehead atoms. The fourth-order valence-electron chi connectivity index (χ4n) is 3.24. The van der Waals surface area contributed by atoms with E-state index in [0.717, 1.165) is 23.4 Å². The van der Waals surface area contributed by atoms with Gasteiger partial charge in [0.25, 0.3) is 0 Å². The van der Waals surface area contributed by atoms with Crippen LogP contribution in [0, 0.1) is 0 Å². The molecule has 128 valence electrons. The van der Waals surface area contributed by atoms with Crippen LogP contribution in [0.2, 0.25) is 0 Å². The average Bonchev–Trinajstić information content (AvgIpc) is 2.65. The summed E-state index contributed by atoms with van der Waals surface area (Å²) >= 11 is 0. The zero-order chi connectivity index (χ0) is 16.8. The highest BCUT2D eigenvalue weighted by molar-refractivity contribution is 5.37. The summed E-state index contributed by atoms with van der Waals surface area (Å²) in [5, 5.41) is 15.0. The van der Waals surface area contributed by atoms with Crippen LogP contribution in [0.5, 0.6) is 5.75 Å². The van der Waals surface area contributed by atoms with E-state index in [1.54, 1.807) is 0 Å². The van der Waals surface area contributed by atoms with E-state index in [2.05, 4.69) is 5.32 Å². The Kier molecular flexibility index (Phi) is 5.51. The summed E-state index contributed by atoms with van der Waals surface area (Å²) in [7, 11) is 0. The standard InChI is InChI=1S/C20H25NO3/c1-2-23-18-11-7-6-8-16(18)14-20(22,17-9-4-3-5-10-17)19-15-21-12-13-24-19/h3-11,19,21-22H,2,12-15H2,1H3/t19-,20-/m0/s1. The molecule has 1 fully saturated rings. The number of nitrogens with one attached hydrogen (secondary N) is 1. The Morgan fingerprint density at radius 1 is 1.17 bits per heavy atom. The Balaban J connectivity index is 1.96. The molecule has 1 aliphatic rings. The Bertz CT molecular complexity index is 640. The van der Waals surface area contributed by atoms with Gasteiger partial charge in [-0.2, -0.15) is 0 Å². The lowest BCUT2D eigenvalue weighted by atomic mass is 9.81. The molecule has 1 aliphatic heterocycles. The third kappa shape index (κ3) is 3.61. The van der Waals surface area contributed by atoms with Crippen molar-refractivity contribution < 1.29 is 14.6 Å². The fourth-order valence-corrected chi connectivity index (χ4v) is 3.24. The number of ether oxygens (including phenoxy) is 2. The molecular formula is C20H25NO3. The first kappa shape index (κ1) is 17.0. The molecule has 0 spiro atoms. The molecule has 0 saturated carbocycles. The van der Waals surface area contributed by atoms with Gasteiger partial charge in [0.2, 0.25) is 0 Å². The van der Waals surface area contributed by atoms with E-state index in [4.69, 9.17) is 9.47 Å². The third-order valence-electron chi connectivity index (χ3n) is 4.47. The van der Waals surface area contributed by atoms with Crippen molar-refractivity contribution in [1.82, 2.24) is 5.32 Å². The van der Waals surface area contributed by atoms with Crippen LogP contribution in [-0.4, -0.2) is 37.5 Å². The van der Waals surface area contributed by atoms with E-state index >= 15 is 0 Å². The molecule has 2 atom stereocenters.